The van der Waals surface area contributed by atoms with Crippen LogP contribution in [0.5, 0.6) is 11.5 Å². The number of rotatable bonds is 3. The number of benzene rings is 1. The molecule has 0 fully saturated rings. The van der Waals surface area contributed by atoms with Crippen molar-refractivity contribution in [3.05, 3.63) is 51.3 Å². The Morgan fingerprint density at radius 3 is 2.52 bits per heavy atom. The van der Waals surface area contributed by atoms with Crippen LogP contribution in [0.1, 0.15) is 17.0 Å². The zero-order chi connectivity index (χ0) is 15.7. The third-order valence-corrected chi connectivity index (χ3v) is 3.38. The number of hydrogen-bond acceptors (Lipinski definition) is 3. The molecule has 2 aromatic rings. The summed E-state index contributed by atoms with van der Waals surface area (Å²) in [5, 5.41) is 0. The summed E-state index contributed by atoms with van der Waals surface area (Å²) in [6.45, 7) is 3.47. The molecule has 0 saturated carbocycles. The van der Waals surface area contributed by atoms with E-state index in [9.17, 15) is 8.78 Å². The fourth-order valence-electron chi connectivity index (χ4n) is 1.90. The lowest BCUT2D eigenvalue weighted by Gasteiger charge is -2.14. The first-order chi connectivity index (χ1) is 9.79. The maximum Gasteiger partial charge on any atom is 0.201 e. The van der Waals surface area contributed by atoms with E-state index in [1.54, 1.807) is 19.9 Å². The fraction of sp³-hybridized carbons (Fsp3) is 0.143. The molecule has 110 valence electrons. The molecule has 0 bridgehead atoms. The Hall–Kier alpha value is -1.60. The Kier molecular flexibility index (Phi) is 4.53. The van der Waals surface area contributed by atoms with Crippen LogP contribution in [0, 0.1) is 25.5 Å². The molecule has 2 rings (SSSR count). The molecule has 21 heavy (non-hydrogen) atoms. The third-order valence-electron chi connectivity index (χ3n) is 2.72. The minimum atomic E-state index is -1.08. The molecular weight excluding hydrogens is 362 g/mol. The van der Waals surface area contributed by atoms with Crippen molar-refractivity contribution in [3.8, 4) is 11.5 Å². The Balaban J connectivity index is 2.57. The molecule has 7 heteroatoms. The number of nitrogens with zero attached hydrogens (tertiary/aromatic N) is 1. The molecule has 0 radical (unpaired) electrons. The molecule has 0 spiro atoms. The van der Waals surface area contributed by atoms with E-state index in [-0.39, 0.29) is 16.5 Å². The normalized spacial score (nSPS) is 10.5. The van der Waals surface area contributed by atoms with E-state index in [4.69, 9.17) is 22.7 Å². The second kappa shape index (κ2) is 6.03. The Labute approximate surface area is 134 Å². The highest BCUT2D eigenvalue weighted by molar-refractivity contribution is 9.10. The molecule has 1 aromatic carbocycles. The second-order valence-corrected chi connectivity index (χ2v) is 5.74. The van der Waals surface area contributed by atoms with Crippen molar-refractivity contribution in [3.63, 3.8) is 0 Å². The average molecular weight is 373 g/mol. The molecule has 0 aliphatic rings. The summed E-state index contributed by atoms with van der Waals surface area (Å²) in [4.78, 5) is 4.30. The van der Waals surface area contributed by atoms with Gasteiger partial charge >= 0.3 is 0 Å². The number of aromatic nitrogens is 1. The fourth-order valence-corrected chi connectivity index (χ4v) is 2.56. The van der Waals surface area contributed by atoms with Gasteiger partial charge in [0, 0.05) is 16.2 Å². The first kappa shape index (κ1) is 15.8. The number of aryl methyl sites for hydroxylation is 2. The van der Waals surface area contributed by atoms with Crippen LogP contribution in [0.25, 0.3) is 0 Å². The molecule has 0 atom stereocenters. The van der Waals surface area contributed by atoms with Gasteiger partial charge in [-0.1, -0.05) is 28.1 Å². The number of nitrogens with two attached hydrogens (primary N) is 1. The highest BCUT2D eigenvalue weighted by Crippen LogP contribution is 2.32. The molecular formula is C14H11BrF2N2OS. The van der Waals surface area contributed by atoms with Gasteiger partial charge in [0.25, 0.3) is 0 Å². The van der Waals surface area contributed by atoms with E-state index in [2.05, 4.69) is 20.9 Å². The highest BCUT2D eigenvalue weighted by atomic mass is 79.9. The van der Waals surface area contributed by atoms with E-state index < -0.39 is 11.6 Å². The molecule has 2 N–H and O–H groups in total. The van der Waals surface area contributed by atoms with Gasteiger partial charge in [-0.2, -0.15) is 4.39 Å². The number of pyridine rings is 1. The molecule has 3 nitrogen and oxygen atoms in total. The molecule has 0 aliphatic carbocycles. The summed E-state index contributed by atoms with van der Waals surface area (Å²) in [5.74, 6) is -2.12. The van der Waals surface area contributed by atoms with Crippen LogP contribution in [0.15, 0.2) is 22.7 Å². The van der Waals surface area contributed by atoms with E-state index in [1.165, 1.54) is 6.07 Å². The van der Waals surface area contributed by atoms with Crippen molar-refractivity contribution >= 4 is 33.1 Å². The lowest BCUT2D eigenvalue weighted by atomic mass is 10.1. The quantitative estimate of drug-likeness (QED) is 0.648. The molecule has 0 amide bonds. The van der Waals surface area contributed by atoms with E-state index in [0.29, 0.717) is 21.4 Å². The summed E-state index contributed by atoms with van der Waals surface area (Å²) >= 11 is 8.05. The van der Waals surface area contributed by atoms with Crippen LogP contribution in [-0.4, -0.2) is 9.97 Å². The number of ether oxygens (including phenoxy) is 1. The molecule has 1 aromatic heterocycles. The van der Waals surface area contributed by atoms with Crippen LogP contribution in [0.4, 0.5) is 8.78 Å². The van der Waals surface area contributed by atoms with E-state index in [1.807, 2.05) is 0 Å². The van der Waals surface area contributed by atoms with Crippen LogP contribution < -0.4 is 10.5 Å². The standard InChI is InChI=1S/C14H11BrF2N2OS/c1-6-3-10(12(14(18)21)7(2)19-6)20-11-5-8(15)4-9(16)13(11)17/h3-5H,1-2H3,(H2,18,21). The van der Waals surface area contributed by atoms with Gasteiger partial charge in [-0.05, 0) is 26.0 Å². The largest absolute Gasteiger partial charge is 0.453 e. The first-order valence-electron chi connectivity index (χ1n) is 5.90. The number of hydrogen-bond donors (Lipinski definition) is 1. The van der Waals surface area contributed by atoms with Gasteiger partial charge in [0.1, 0.15) is 10.7 Å². The molecule has 0 saturated heterocycles. The summed E-state index contributed by atoms with van der Waals surface area (Å²) < 4.78 is 33.0. The zero-order valence-electron chi connectivity index (χ0n) is 11.2. The highest BCUT2D eigenvalue weighted by Gasteiger charge is 2.17. The summed E-state index contributed by atoms with van der Waals surface area (Å²) in [6, 6.07) is 3.91. The van der Waals surface area contributed by atoms with Gasteiger partial charge in [-0.15, -0.1) is 0 Å². The third kappa shape index (κ3) is 3.36. The van der Waals surface area contributed by atoms with E-state index >= 15 is 0 Å². The molecule has 0 aliphatic heterocycles. The van der Waals surface area contributed by atoms with Gasteiger partial charge in [0.2, 0.25) is 5.82 Å². The van der Waals surface area contributed by atoms with Crippen molar-refractivity contribution in [2.75, 3.05) is 0 Å². The van der Waals surface area contributed by atoms with Crippen LogP contribution in [-0.2, 0) is 0 Å². The van der Waals surface area contributed by atoms with E-state index in [0.717, 1.165) is 6.07 Å². The maximum atomic E-state index is 13.8. The Bertz CT molecular complexity index is 737. The van der Waals surface area contributed by atoms with Crippen molar-refractivity contribution in [1.29, 1.82) is 0 Å². The number of halogens is 3. The SMILES string of the molecule is Cc1cc(Oc2cc(Br)cc(F)c2F)c(C(N)=S)c(C)n1. The van der Waals surface area contributed by atoms with Gasteiger partial charge in [0.15, 0.2) is 11.6 Å². The molecule has 0 unspecified atom stereocenters. The van der Waals surface area contributed by atoms with Crippen LogP contribution in [0.2, 0.25) is 0 Å². The monoisotopic (exact) mass is 372 g/mol. The van der Waals surface area contributed by atoms with Gasteiger partial charge in [-0.25, -0.2) is 4.39 Å². The first-order valence-corrected chi connectivity index (χ1v) is 7.10. The lowest BCUT2D eigenvalue weighted by Crippen LogP contribution is -2.14. The van der Waals surface area contributed by atoms with Gasteiger partial charge < -0.3 is 10.5 Å². The predicted molar refractivity (Wildman–Crippen MR) is 83.7 cm³/mol. The maximum absolute atomic E-state index is 13.8. The van der Waals surface area contributed by atoms with Crippen LogP contribution in [0.3, 0.4) is 0 Å². The van der Waals surface area contributed by atoms with Crippen molar-refractivity contribution in [2.45, 2.75) is 13.8 Å². The van der Waals surface area contributed by atoms with Crippen LogP contribution >= 0.6 is 28.1 Å². The Morgan fingerprint density at radius 1 is 1.24 bits per heavy atom. The summed E-state index contributed by atoms with van der Waals surface area (Å²) in [6.07, 6.45) is 0. The van der Waals surface area contributed by atoms with Gasteiger partial charge in [-0.3, -0.25) is 4.98 Å². The second-order valence-electron chi connectivity index (χ2n) is 4.39. The zero-order valence-corrected chi connectivity index (χ0v) is 13.6. The Morgan fingerprint density at radius 2 is 1.90 bits per heavy atom. The summed E-state index contributed by atoms with van der Waals surface area (Å²) in [7, 11) is 0. The molecule has 1 heterocycles. The van der Waals surface area contributed by atoms with Gasteiger partial charge in [0.05, 0.1) is 11.3 Å². The predicted octanol–water partition coefficient (Wildman–Crippen LogP) is 4.17. The minimum absolute atomic E-state index is 0.0749. The number of thiocarbonyl (C=S) groups is 1. The summed E-state index contributed by atoms with van der Waals surface area (Å²) in [5.41, 5.74) is 7.26. The smallest absolute Gasteiger partial charge is 0.201 e. The topological polar surface area (TPSA) is 48.1 Å². The van der Waals surface area contributed by atoms with Crippen molar-refractivity contribution < 1.29 is 13.5 Å². The van der Waals surface area contributed by atoms with Crippen molar-refractivity contribution in [2.24, 2.45) is 5.73 Å². The lowest BCUT2D eigenvalue weighted by molar-refractivity contribution is 0.414. The minimum Gasteiger partial charge on any atom is -0.453 e. The average Bonchev–Trinajstić information content (AvgIpc) is 2.33. The van der Waals surface area contributed by atoms with Crippen molar-refractivity contribution in [1.82, 2.24) is 4.98 Å².